The van der Waals surface area contributed by atoms with Gasteiger partial charge < -0.3 is 19.4 Å². The molecule has 0 radical (unpaired) electrons. The molecule has 0 N–H and O–H groups in total. The first-order valence-electron chi connectivity index (χ1n) is 15.8. The van der Waals surface area contributed by atoms with Gasteiger partial charge in [-0.15, -0.1) is 0 Å². The smallest absolute Gasteiger partial charge is 0.318 e. The van der Waals surface area contributed by atoms with Crippen LogP contribution < -0.4 is 14.5 Å². The van der Waals surface area contributed by atoms with Crippen LogP contribution in [0.3, 0.4) is 0 Å². The molecule has 4 aliphatic heterocycles. The van der Waals surface area contributed by atoms with E-state index in [9.17, 15) is 14.4 Å². The molecule has 3 aromatic rings. The predicted octanol–water partition coefficient (Wildman–Crippen LogP) is 5.27. The summed E-state index contributed by atoms with van der Waals surface area (Å²) >= 11 is 6.71. The lowest BCUT2D eigenvalue weighted by atomic mass is 9.95. The fraction of sp³-hybridized carbons (Fsp3) is 0.471. The summed E-state index contributed by atoms with van der Waals surface area (Å²) in [4.78, 5) is 31.0. The third kappa shape index (κ3) is 5.46. The van der Waals surface area contributed by atoms with Crippen LogP contribution in [0.25, 0.3) is 10.8 Å². The van der Waals surface area contributed by atoms with Gasteiger partial charge in [-0.05, 0) is 62.7 Å². The number of nitrogens with zero attached hydrogens (tertiary/aromatic N) is 7. The van der Waals surface area contributed by atoms with Gasteiger partial charge in [0, 0.05) is 42.8 Å². The number of hydrogen-bond donors (Lipinski definition) is 0. The molecule has 9 nitrogen and oxygen atoms in total. The van der Waals surface area contributed by atoms with Crippen molar-refractivity contribution in [2.24, 2.45) is 0 Å². The second-order valence-electron chi connectivity index (χ2n) is 12.6. The molecule has 2 aromatic carbocycles. The third-order valence-corrected chi connectivity index (χ3v) is 10.4. The summed E-state index contributed by atoms with van der Waals surface area (Å²) in [7, 11) is 0. The minimum Gasteiger partial charge on any atom is -0.461 e. The van der Waals surface area contributed by atoms with Gasteiger partial charge in [0.15, 0.2) is 5.83 Å². The van der Waals surface area contributed by atoms with Crippen LogP contribution in [0.5, 0.6) is 6.01 Å². The van der Waals surface area contributed by atoms with Gasteiger partial charge in [-0.25, -0.2) is 4.39 Å². The number of amides is 1. The van der Waals surface area contributed by atoms with Crippen LogP contribution >= 0.6 is 11.6 Å². The first-order chi connectivity index (χ1) is 21.9. The minimum absolute atomic E-state index is 0.0454. The number of hydrogen-bond acceptors (Lipinski definition) is 8. The highest BCUT2D eigenvalue weighted by Crippen LogP contribution is 2.40. The second-order valence-corrected chi connectivity index (χ2v) is 13.0. The molecule has 0 bridgehead atoms. The number of halogens is 2. The van der Waals surface area contributed by atoms with Crippen molar-refractivity contribution in [3.63, 3.8) is 0 Å². The quantitative estimate of drug-likeness (QED) is 0.327. The zero-order valence-corrected chi connectivity index (χ0v) is 26.1. The Hall–Kier alpha value is -3.94. The van der Waals surface area contributed by atoms with E-state index in [1.165, 1.54) is 17.7 Å². The van der Waals surface area contributed by atoms with E-state index in [2.05, 4.69) is 51.6 Å². The molecule has 4 aliphatic rings. The maximum Gasteiger partial charge on any atom is 0.318 e. The van der Waals surface area contributed by atoms with Gasteiger partial charge in [0.2, 0.25) is 0 Å². The summed E-state index contributed by atoms with van der Waals surface area (Å²) in [5.74, 6) is -1.00. The van der Waals surface area contributed by atoms with Crippen molar-refractivity contribution in [3.05, 3.63) is 65.1 Å². The Morgan fingerprint density at radius 1 is 1.09 bits per heavy atom. The van der Waals surface area contributed by atoms with Gasteiger partial charge in [0.05, 0.1) is 41.3 Å². The molecular weight excluding hydrogens is 593 g/mol. The van der Waals surface area contributed by atoms with Gasteiger partial charge >= 0.3 is 6.01 Å². The van der Waals surface area contributed by atoms with E-state index in [1.54, 1.807) is 0 Å². The average Bonchev–Trinajstić information content (AvgIpc) is 3.63. The number of carbonyl (C=O) groups excluding carboxylic acids is 1. The van der Waals surface area contributed by atoms with Crippen LogP contribution in [0, 0.1) is 11.3 Å². The maximum absolute atomic E-state index is 13.9. The lowest BCUT2D eigenvalue weighted by Crippen LogP contribution is -2.55. The number of carbonyl (C=O) groups is 1. The Kier molecular flexibility index (Phi) is 8.00. The number of benzene rings is 2. The first kappa shape index (κ1) is 29.8. The maximum atomic E-state index is 13.9. The first-order valence-corrected chi connectivity index (χ1v) is 16.2. The Morgan fingerprint density at radius 3 is 2.62 bits per heavy atom. The van der Waals surface area contributed by atoms with E-state index in [0.29, 0.717) is 43.7 Å². The zero-order chi connectivity index (χ0) is 31.1. The van der Waals surface area contributed by atoms with Crippen molar-refractivity contribution < 1.29 is 13.9 Å². The van der Waals surface area contributed by atoms with E-state index in [-0.39, 0.29) is 18.5 Å². The van der Waals surface area contributed by atoms with E-state index >= 15 is 0 Å². The number of ether oxygens (including phenoxy) is 1. The second kappa shape index (κ2) is 12.1. The molecule has 45 heavy (non-hydrogen) atoms. The number of anilines is 2. The van der Waals surface area contributed by atoms with E-state index in [4.69, 9.17) is 26.3 Å². The monoisotopic (exact) mass is 629 g/mol. The van der Waals surface area contributed by atoms with Crippen LogP contribution in [0.15, 0.2) is 48.8 Å². The number of rotatable bonds is 7. The zero-order valence-electron chi connectivity index (χ0n) is 25.4. The summed E-state index contributed by atoms with van der Waals surface area (Å²) in [6.45, 7) is 8.33. The molecule has 3 fully saturated rings. The molecule has 7 rings (SSSR count). The number of nitriles is 1. The summed E-state index contributed by atoms with van der Waals surface area (Å²) in [5.41, 5.74) is 3.04. The third-order valence-electron chi connectivity index (χ3n) is 10.1. The van der Waals surface area contributed by atoms with Crippen molar-refractivity contribution in [3.8, 4) is 12.1 Å². The number of fused-ring (bicyclic) bond motifs is 3. The van der Waals surface area contributed by atoms with Gasteiger partial charge in [0.1, 0.15) is 12.4 Å². The molecule has 234 valence electrons. The Morgan fingerprint density at radius 2 is 1.87 bits per heavy atom. The van der Waals surface area contributed by atoms with E-state index in [1.807, 2.05) is 12.1 Å². The Bertz CT molecular complexity index is 1680. The molecule has 0 saturated carbocycles. The highest BCUT2D eigenvalue weighted by atomic mass is 35.5. The summed E-state index contributed by atoms with van der Waals surface area (Å²) < 4.78 is 20.3. The lowest BCUT2D eigenvalue weighted by Gasteiger charge is -2.42. The average molecular weight is 630 g/mol. The molecule has 1 amide bonds. The molecule has 11 heteroatoms. The van der Waals surface area contributed by atoms with Crippen molar-refractivity contribution in [2.75, 3.05) is 55.7 Å². The molecule has 0 unspecified atom stereocenters. The van der Waals surface area contributed by atoms with Gasteiger partial charge in [-0.3, -0.25) is 9.69 Å². The largest absolute Gasteiger partial charge is 0.461 e. The molecule has 1 atom stereocenters. The lowest BCUT2D eigenvalue weighted by molar-refractivity contribution is -0.131. The van der Waals surface area contributed by atoms with Crippen molar-refractivity contribution >= 4 is 39.8 Å². The summed E-state index contributed by atoms with van der Waals surface area (Å²) in [6.07, 6.45) is 5.37. The number of aromatic nitrogens is 2. The molecule has 0 aliphatic carbocycles. The fourth-order valence-electron chi connectivity index (χ4n) is 7.87. The fourth-order valence-corrected chi connectivity index (χ4v) is 8.15. The SMILES string of the molecule is C=C(F)C(=O)N1CCN(c2nc(OCC34CCCN3CCC4)nc3c2CCN(c2cccc4cccc(Cl)c24)C3)C[C@@H]1CC#N. The van der Waals surface area contributed by atoms with Crippen molar-refractivity contribution in [2.45, 2.75) is 56.7 Å². The van der Waals surface area contributed by atoms with E-state index in [0.717, 1.165) is 66.0 Å². The highest BCUT2D eigenvalue weighted by molar-refractivity contribution is 6.36. The van der Waals surface area contributed by atoms with Crippen LogP contribution in [-0.2, 0) is 17.8 Å². The van der Waals surface area contributed by atoms with Crippen molar-refractivity contribution in [1.29, 1.82) is 5.26 Å². The van der Waals surface area contributed by atoms with Gasteiger partial charge in [0.25, 0.3) is 5.91 Å². The number of piperazine rings is 1. The van der Waals surface area contributed by atoms with Crippen LogP contribution in [0.4, 0.5) is 15.9 Å². The van der Waals surface area contributed by atoms with Crippen LogP contribution in [-0.4, -0.2) is 83.1 Å². The standard InChI is InChI=1S/C34H37ClFN7O2/c1-23(36)32(44)43-19-18-41(20-25(43)10-14-37)31-26-11-17-40(29-9-3-7-24-6-2-8-27(35)30(24)29)21-28(26)38-33(39-31)45-22-34-12-4-15-42(34)16-5-13-34/h2-3,6-9,25H,1,4-5,10-13,15-22H2/t25-/m0/s1. The molecular formula is C34H37ClFN7O2. The predicted molar refractivity (Wildman–Crippen MR) is 172 cm³/mol. The molecule has 5 heterocycles. The van der Waals surface area contributed by atoms with Crippen molar-refractivity contribution in [1.82, 2.24) is 19.8 Å². The topological polar surface area (TPSA) is 88.8 Å². The molecule has 0 spiro atoms. The Labute approximate surface area is 267 Å². The van der Waals surface area contributed by atoms with Crippen LogP contribution in [0.1, 0.15) is 43.4 Å². The van der Waals surface area contributed by atoms with E-state index < -0.39 is 17.8 Å². The van der Waals surface area contributed by atoms with Crippen LogP contribution in [0.2, 0.25) is 5.02 Å². The van der Waals surface area contributed by atoms with Gasteiger partial charge in [-0.2, -0.15) is 15.2 Å². The normalized spacial score (nSPS) is 21.0. The minimum atomic E-state index is -1.01. The summed E-state index contributed by atoms with van der Waals surface area (Å²) in [5, 5.41) is 12.4. The summed E-state index contributed by atoms with van der Waals surface area (Å²) in [6, 6.07) is 14.2. The Balaban J connectivity index is 1.23. The molecule has 3 saturated heterocycles. The molecule has 1 aromatic heterocycles. The highest BCUT2D eigenvalue weighted by Gasteiger charge is 2.45. The van der Waals surface area contributed by atoms with Gasteiger partial charge in [-0.1, -0.05) is 42.4 Å².